The predicted molar refractivity (Wildman–Crippen MR) is 27.6 cm³/mol. The van der Waals surface area contributed by atoms with Crippen molar-refractivity contribution in [3.05, 3.63) is 32.9 Å². The summed E-state index contributed by atoms with van der Waals surface area (Å²) in [5.74, 6) is -0.991. The second kappa shape index (κ2) is 3.50. The molecule has 1 rings (SSSR count). The predicted octanol–water partition coefficient (Wildman–Crippen LogP) is -0.800. The van der Waals surface area contributed by atoms with Gasteiger partial charge in [0.25, 0.3) is 5.56 Å². The Morgan fingerprint density at radius 1 is 1.40 bits per heavy atom. The fourth-order valence-corrected chi connectivity index (χ4v) is 0.393. The third kappa shape index (κ3) is 1.94. The van der Waals surface area contributed by atoms with Gasteiger partial charge in [-0.3, -0.25) is 9.78 Å². The molecule has 1 radical (unpaired) electrons. The molecule has 1 aromatic heterocycles. The van der Waals surface area contributed by atoms with Crippen molar-refractivity contribution >= 4 is 0 Å². The van der Waals surface area contributed by atoms with Gasteiger partial charge in [0, 0.05) is 28.6 Å². The van der Waals surface area contributed by atoms with Crippen LogP contribution in [-0.4, -0.2) is 9.97 Å². The summed E-state index contributed by atoms with van der Waals surface area (Å²) in [4.78, 5) is 24.0. The molecular formula is C4H3AgFN2O2. The van der Waals surface area contributed by atoms with E-state index < -0.39 is 17.1 Å². The van der Waals surface area contributed by atoms with E-state index in [0.717, 1.165) is 0 Å². The Labute approximate surface area is 70.0 Å². The van der Waals surface area contributed by atoms with Crippen LogP contribution in [0.2, 0.25) is 0 Å². The van der Waals surface area contributed by atoms with Crippen molar-refractivity contribution in [2.24, 2.45) is 0 Å². The minimum atomic E-state index is -1.00. The van der Waals surface area contributed by atoms with Crippen molar-refractivity contribution in [3.8, 4) is 0 Å². The Morgan fingerprint density at radius 2 is 2.00 bits per heavy atom. The number of aromatic amines is 2. The molecule has 0 unspecified atom stereocenters. The molecule has 4 nitrogen and oxygen atoms in total. The van der Waals surface area contributed by atoms with Crippen LogP contribution in [0.25, 0.3) is 0 Å². The first-order chi connectivity index (χ1) is 4.20. The van der Waals surface area contributed by atoms with Gasteiger partial charge in [-0.15, -0.1) is 0 Å². The van der Waals surface area contributed by atoms with Crippen molar-refractivity contribution < 1.29 is 26.8 Å². The first-order valence-electron chi connectivity index (χ1n) is 2.17. The van der Waals surface area contributed by atoms with E-state index in [9.17, 15) is 14.0 Å². The van der Waals surface area contributed by atoms with E-state index in [2.05, 4.69) is 0 Å². The van der Waals surface area contributed by atoms with E-state index in [4.69, 9.17) is 0 Å². The normalized spacial score (nSPS) is 8.50. The van der Waals surface area contributed by atoms with Crippen LogP contribution < -0.4 is 11.2 Å². The summed E-state index contributed by atoms with van der Waals surface area (Å²) >= 11 is 0. The largest absolute Gasteiger partial charge is 0.325 e. The van der Waals surface area contributed by atoms with Crippen molar-refractivity contribution in [2.45, 2.75) is 0 Å². The van der Waals surface area contributed by atoms with Crippen LogP contribution in [0.3, 0.4) is 0 Å². The zero-order chi connectivity index (χ0) is 6.85. The molecule has 1 heterocycles. The SMILES string of the molecule is O=c1[nH]cc(F)c(=O)[nH]1.[Ag]. The molecule has 0 bridgehead atoms. The molecule has 6 heteroatoms. The average molecular weight is 238 g/mol. The molecule has 0 aliphatic carbocycles. The van der Waals surface area contributed by atoms with Gasteiger partial charge < -0.3 is 4.98 Å². The van der Waals surface area contributed by atoms with Gasteiger partial charge in [0.2, 0.25) is 5.82 Å². The smallest absolute Gasteiger partial charge is 0.311 e. The molecule has 0 fully saturated rings. The van der Waals surface area contributed by atoms with Crippen LogP contribution in [0.1, 0.15) is 0 Å². The Bertz CT molecular complexity index is 318. The molecule has 2 N–H and O–H groups in total. The van der Waals surface area contributed by atoms with Gasteiger partial charge in [-0.1, -0.05) is 0 Å². The van der Waals surface area contributed by atoms with Crippen LogP contribution in [-0.2, 0) is 22.4 Å². The maximum Gasteiger partial charge on any atom is 0.325 e. The van der Waals surface area contributed by atoms with Gasteiger partial charge in [-0.2, -0.15) is 4.39 Å². The standard InChI is InChI=1S/C4H3FN2O2.Ag/c5-2-1-6-4(9)7-3(2)8;/h1H,(H2,6,7,8,9);. The molecular weight excluding hydrogens is 235 g/mol. The average Bonchev–Trinajstić information content (AvgIpc) is 1.80. The van der Waals surface area contributed by atoms with Gasteiger partial charge in [-0.25, -0.2) is 4.79 Å². The summed E-state index contributed by atoms with van der Waals surface area (Å²) in [6, 6.07) is 0. The van der Waals surface area contributed by atoms with Gasteiger partial charge in [0.05, 0.1) is 0 Å². The summed E-state index contributed by atoms with van der Waals surface area (Å²) < 4.78 is 12.0. The van der Waals surface area contributed by atoms with E-state index in [0.29, 0.717) is 6.20 Å². The van der Waals surface area contributed by atoms with Gasteiger partial charge >= 0.3 is 5.69 Å². The molecule has 0 amide bonds. The topological polar surface area (TPSA) is 65.7 Å². The Kier molecular flexibility index (Phi) is 3.27. The molecule has 0 aromatic carbocycles. The summed E-state index contributed by atoms with van der Waals surface area (Å²) in [5.41, 5.74) is -1.71. The number of hydrogen-bond donors (Lipinski definition) is 2. The van der Waals surface area contributed by atoms with E-state index in [-0.39, 0.29) is 22.4 Å². The van der Waals surface area contributed by atoms with Gasteiger partial charge in [0.1, 0.15) is 0 Å². The molecule has 0 saturated carbocycles. The number of aromatic nitrogens is 2. The summed E-state index contributed by atoms with van der Waals surface area (Å²) in [7, 11) is 0. The molecule has 10 heavy (non-hydrogen) atoms. The van der Waals surface area contributed by atoms with E-state index in [1.54, 1.807) is 4.98 Å². The number of halogens is 1. The van der Waals surface area contributed by atoms with E-state index >= 15 is 0 Å². The third-order valence-corrected chi connectivity index (χ3v) is 0.774. The van der Waals surface area contributed by atoms with Gasteiger partial charge in [0.15, 0.2) is 0 Å². The van der Waals surface area contributed by atoms with Crippen molar-refractivity contribution in [3.63, 3.8) is 0 Å². The third-order valence-electron chi connectivity index (χ3n) is 0.774. The summed E-state index contributed by atoms with van der Waals surface area (Å²) in [5, 5.41) is 0. The van der Waals surface area contributed by atoms with Crippen molar-refractivity contribution in [2.75, 3.05) is 0 Å². The number of hydrogen-bond acceptors (Lipinski definition) is 2. The summed E-state index contributed by atoms with van der Waals surface area (Å²) in [6.07, 6.45) is 0.709. The van der Waals surface area contributed by atoms with Crippen molar-refractivity contribution in [1.29, 1.82) is 0 Å². The molecule has 0 saturated heterocycles. The molecule has 0 atom stereocenters. The molecule has 0 spiro atoms. The molecule has 1 aromatic rings. The molecule has 0 aliphatic heterocycles. The second-order valence-corrected chi connectivity index (χ2v) is 1.42. The quantitative estimate of drug-likeness (QED) is 0.581. The van der Waals surface area contributed by atoms with Crippen LogP contribution in [0.15, 0.2) is 15.8 Å². The van der Waals surface area contributed by atoms with Crippen LogP contribution in [0.4, 0.5) is 4.39 Å². The molecule has 59 valence electrons. The van der Waals surface area contributed by atoms with Crippen LogP contribution in [0.5, 0.6) is 0 Å². The summed E-state index contributed by atoms with van der Waals surface area (Å²) in [6.45, 7) is 0. The first kappa shape index (κ1) is 9.35. The van der Waals surface area contributed by atoms with E-state index in [1.807, 2.05) is 4.98 Å². The second-order valence-electron chi connectivity index (χ2n) is 1.42. The minimum Gasteiger partial charge on any atom is -0.311 e. The van der Waals surface area contributed by atoms with Gasteiger partial charge in [-0.05, 0) is 0 Å². The zero-order valence-electron chi connectivity index (χ0n) is 4.57. The van der Waals surface area contributed by atoms with Crippen LogP contribution in [0, 0.1) is 5.82 Å². The maximum atomic E-state index is 12.0. The Balaban J connectivity index is 0.000000810. The van der Waals surface area contributed by atoms with E-state index in [1.165, 1.54) is 0 Å². The minimum absolute atomic E-state index is 0. The number of rotatable bonds is 0. The zero-order valence-corrected chi connectivity index (χ0v) is 6.06. The number of H-pyrrole nitrogens is 2. The number of nitrogens with one attached hydrogen (secondary N) is 2. The first-order valence-corrected chi connectivity index (χ1v) is 2.17. The van der Waals surface area contributed by atoms with Crippen LogP contribution >= 0.6 is 0 Å². The monoisotopic (exact) mass is 237 g/mol. The fourth-order valence-electron chi connectivity index (χ4n) is 0.393. The Hall–Kier alpha value is -0.650. The maximum absolute atomic E-state index is 12.0. The Morgan fingerprint density at radius 3 is 2.40 bits per heavy atom. The fraction of sp³-hybridized carbons (Fsp3) is 0. The van der Waals surface area contributed by atoms with Crippen molar-refractivity contribution in [1.82, 2.24) is 9.97 Å². The molecule has 0 aliphatic rings.